The number of ether oxygens (including phenoxy) is 1. The van der Waals surface area contributed by atoms with Crippen LogP contribution in [0.2, 0.25) is 0 Å². The van der Waals surface area contributed by atoms with Crippen molar-refractivity contribution < 1.29 is 17.5 Å². The third-order valence-electron chi connectivity index (χ3n) is 2.86. The Balaban J connectivity index is 2.31. The maximum atomic E-state index is 13.7. The standard InChI is InChI=1S/C11H15FN2O3S/c1-7-4-9(12)11(5-10(7)13)18(15,16)14-8-2-3-17-6-8/h4-5,8,14H,2-3,6,13H2,1H3. The van der Waals surface area contributed by atoms with Crippen molar-refractivity contribution in [2.75, 3.05) is 18.9 Å². The van der Waals surface area contributed by atoms with Crippen LogP contribution in [0.25, 0.3) is 0 Å². The van der Waals surface area contributed by atoms with E-state index in [2.05, 4.69) is 4.72 Å². The highest BCUT2D eigenvalue weighted by Crippen LogP contribution is 2.22. The molecule has 0 amide bonds. The second kappa shape index (κ2) is 4.83. The first-order valence-electron chi connectivity index (χ1n) is 5.56. The largest absolute Gasteiger partial charge is 0.398 e. The van der Waals surface area contributed by atoms with E-state index in [4.69, 9.17) is 10.5 Å². The number of nitrogens with one attached hydrogen (secondary N) is 1. The number of rotatable bonds is 3. The minimum Gasteiger partial charge on any atom is -0.398 e. The van der Waals surface area contributed by atoms with Gasteiger partial charge in [0.05, 0.1) is 6.61 Å². The van der Waals surface area contributed by atoms with E-state index in [1.54, 1.807) is 6.92 Å². The molecule has 7 heteroatoms. The zero-order valence-electron chi connectivity index (χ0n) is 9.94. The molecule has 3 N–H and O–H groups in total. The summed E-state index contributed by atoms with van der Waals surface area (Å²) in [5.41, 5.74) is 6.37. The summed E-state index contributed by atoms with van der Waals surface area (Å²) in [6.45, 7) is 2.43. The second-order valence-corrected chi connectivity index (χ2v) is 6.00. The average molecular weight is 274 g/mol. The van der Waals surface area contributed by atoms with Gasteiger partial charge < -0.3 is 10.5 Å². The lowest BCUT2D eigenvalue weighted by molar-refractivity contribution is 0.192. The van der Waals surface area contributed by atoms with Crippen LogP contribution >= 0.6 is 0 Å². The summed E-state index contributed by atoms with van der Waals surface area (Å²) in [4.78, 5) is -0.419. The van der Waals surface area contributed by atoms with Gasteiger partial charge in [-0.25, -0.2) is 17.5 Å². The van der Waals surface area contributed by atoms with E-state index in [0.29, 0.717) is 25.2 Å². The summed E-state index contributed by atoms with van der Waals surface area (Å²) in [5.74, 6) is -0.798. The van der Waals surface area contributed by atoms with Crippen LogP contribution in [-0.4, -0.2) is 27.7 Å². The molecule has 1 atom stereocenters. The fraction of sp³-hybridized carbons (Fsp3) is 0.455. The van der Waals surface area contributed by atoms with E-state index < -0.39 is 20.7 Å². The van der Waals surface area contributed by atoms with E-state index in [-0.39, 0.29) is 11.7 Å². The molecule has 0 radical (unpaired) electrons. The smallest absolute Gasteiger partial charge is 0.243 e. The van der Waals surface area contributed by atoms with E-state index in [9.17, 15) is 12.8 Å². The highest BCUT2D eigenvalue weighted by Gasteiger charge is 2.26. The van der Waals surface area contributed by atoms with Crippen LogP contribution in [0.15, 0.2) is 17.0 Å². The summed E-state index contributed by atoms with van der Waals surface area (Å²) in [7, 11) is -3.90. The summed E-state index contributed by atoms with van der Waals surface area (Å²) < 4.78 is 45.2. The van der Waals surface area contributed by atoms with Gasteiger partial charge in [-0.2, -0.15) is 0 Å². The number of nitrogen functional groups attached to an aromatic ring is 1. The Hall–Kier alpha value is -1.18. The molecule has 0 spiro atoms. The maximum absolute atomic E-state index is 13.7. The fourth-order valence-electron chi connectivity index (χ4n) is 1.78. The molecule has 100 valence electrons. The minimum atomic E-state index is -3.90. The quantitative estimate of drug-likeness (QED) is 0.798. The lowest BCUT2D eigenvalue weighted by atomic mass is 10.2. The number of anilines is 1. The number of benzene rings is 1. The van der Waals surface area contributed by atoms with Crippen LogP contribution in [-0.2, 0) is 14.8 Å². The fourth-order valence-corrected chi connectivity index (χ4v) is 3.13. The van der Waals surface area contributed by atoms with Crippen molar-refractivity contribution in [3.63, 3.8) is 0 Å². The molecule has 1 fully saturated rings. The first-order valence-corrected chi connectivity index (χ1v) is 7.04. The van der Waals surface area contributed by atoms with Gasteiger partial charge in [0.1, 0.15) is 10.7 Å². The molecule has 5 nitrogen and oxygen atoms in total. The minimum absolute atomic E-state index is 0.249. The van der Waals surface area contributed by atoms with Crippen LogP contribution in [0.3, 0.4) is 0 Å². The first-order chi connectivity index (χ1) is 8.40. The summed E-state index contributed by atoms with van der Waals surface area (Å²) in [5, 5.41) is 0. The van der Waals surface area contributed by atoms with Crippen molar-refractivity contribution in [2.24, 2.45) is 0 Å². The molecule has 1 aliphatic heterocycles. The molecular formula is C11H15FN2O3S. The van der Waals surface area contributed by atoms with Crippen LogP contribution in [0, 0.1) is 12.7 Å². The Bertz CT molecular complexity index is 554. The van der Waals surface area contributed by atoms with Gasteiger partial charge in [0, 0.05) is 18.3 Å². The summed E-state index contributed by atoms with van der Waals surface area (Å²) in [6, 6.07) is 1.95. The number of aryl methyl sites for hydroxylation is 1. The molecule has 0 bridgehead atoms. The highest BCUT2D eigenvalue weighted by molar-refractivity contribution is 7.89. The van der Waals surface area contributed by atoms with E-state index in [1.807, 2.05) is 0 Å². The maximum Gasteiger partial charge on any atom is 0.243 e. The van der Waals surface area contributed by atoms with Crippen molar-refractivity contribution in [3.8, 4) is 0 Å². The zero-order chi connectivity index (χ0) is 13.3. The van der Waals surface area contributed by atoms with Gasteiger partial charge in [0.25, 0.3) is 0 Å². The Morgan fingerprint density at radius 3 is 2.83 bits per heavy atom. The van der Waals surface area contributed by atoms with Crippen molar-refractivity contribution in [3.05, 3.63) is 23.5 Å². The van der Waals surface area contributed by atoms with Gasteiger partial charge in [-0.3, -0.25) is 0 Å². The van der Waals surface area contributed by atoms with E-state index in [0.717, 1.165) is 12.1 Å². The van der Waals surface area contributed by atoms with Gasteiger partial charge in [0.2, 0.25) is 10.0 Å². The number of halogens is 1. The summed E-state index contributed by atoms with van der Waals surface area (Å²) >= 11 is 0. The molecule has 1 saturated heterocycles. The van der Waals surface area contributed by atoms with Crippen molar-refractivity contribution in [1.82, 2.24) is 4.72 Å². The van der Waals surface area contributed by atoms with E-state index in [1.165, 1.54) is 0 Å². The molecule has 18 heavy (non-hydrogen) atoms. The third-order valence-corrected chi connectivity index (χ3v) is 4.40. The topological polar surface area (TPSA) is 81.4 Å². The highest BCUT2D eigenvalue weighted by atomic mass is 32.2. The summed E-state index contributed by atoms with van der Waals surface area (Å²) in [6.07, 6.45) is 0.586. The van der Waals surface area contributed by atoms with Crippen LogP contribution in [0.4, 0.5) is 10.1 Å². The molecule has 0 aromatic heterocycles. The molecule has 2 rings (SSSR count). The van der Waals surface area contributed by atoms with Gasteiger partial charge in [-0.05, 0) is 31.0 Å². The molecule has 1 unspecified atom stereocenters. The molecular weight excluding hydrogens is 259 g/mol. The predicted molar refractivity (Wildman–Crippen MR) is 65.1 cm³/mol. The first kappa shape index (κ1) is 13.3. The Morgan fingerprint density at radius 1 is 1.50 bits per heavy atom. The van der Waals surface area contributed by atoms with Gasteiger partial charge in [-0.15, -0.1) is 0 Å². The van der Waals surface area contributed by atoms with Crippen LogP contribution in [0.5, 0.6) is 0 Å². The number of hydrogen-bond donors (Lipinski definition) is 2. The van der Waals surface area contributed by atoms with Crippen LogP contribution in [0.1, 0.15) is 12.0 Å². The lowest BCUT2D eigenvalue weighted by Gasteiger charge is -2.13. The van der Waals surface area contributed by atoms with Crippen molar-refractivity contribution >= 4 is 15.7 Å². The molecule has 1 aromatic rings. The van der Waals surface area contributed by atoms with Crippen LogP contribution < -0.4 is 10.5 Å². The monoisotopic (exact) mass is 274 g/mol. The third kappa shape index (κ3) is 2.63. The van der Waals surface area contributed by atoms with Gasteiger partial charge in [0.15, 0.2) is 0 Å². The molecule has 1 aliphatic rings. The molecule has 0 saturated carbocycles. The molecule has 1 heterocycles. The predicted octanol–water partition coefficient (Wildman–Crippen LogP) is 0.784. The molecule has 1 aromatic carbocycles. The Morgan fingerprint density at radius 2 is 2.22 bits per heavy atom. The average Bonchev–Trinajstić information content (AvgIpc) is 2.75. The van der Waals surface area contributed by atoms with Crippen molar-refractivity contribution in [1.29, 1.82) is 0 Å². The number of nitrogens with two attached hydrogens (primary N) is 1. The molecule has 0 aliphatic carbocycles. The lowest BCUT2D eigenvalue weighted by Crippen LogP contribution is -2.35. The van der Waals surface area contributed by atoms with Gasteiger partial charge >= 0.3 is 0 Å². The van der Waals surface area contributed by atoms with E-state index >= 15 is 0 Å². The second-order valence-electron chi connectivity index (χ2n) is 4.32. The van der Waals surface area contributed by atoms with Gasteiger partial charge in [-0.1, -0.05) is 0 Å². The number of sulfonamides is 1. The van der Waals surface area contributed by atoms with Crippen molar-refractivity contribution in [2.45, 2.75) is 24.3 Å². The number of hydrogen-bond acceptors (Lipinski definition) is 4. The zero-order valence-corrected chi connectivity index (χ0v) is 10.8. The Kier molecular flexibility index (Phi) is 3.56. The normalized spacial score (nSPS) is 20.2. The SMILES string of the molecule is Cc1cc(F)c(S(=O)(=O)NC2CCOC2)cc1N. The Labute approximate surface area is 105 Å².